The zero-order valence-corrected chi connectivity index (χ0v) is 12.4. The molecule has 3 heteroatoms. The second-order valence-corrected chi connectivity index (χ2v) is 5.00. The minimum atomic E-state index is 0.103. The second-order valence-electron chi connectivity index (χ2n) is 5.00. The lowest BCUT2D eigenvalue weighted by Crippen LogP contribution is -2.08. The smallest absolute Gasteiger partial charge is 0.0718 e. The molecule has 1 rings (SSSR count). The van der Waals surface area contributed by atoms with Crippen LogP contribution in [0.25, 0.3) is 0 Å². The van der Waals surface area contributed by atoms with E-state index in [1.807, 2.05) is 24.3 Å². The molecule has 110 valence electrons. The van der Waals surface area contributed by atoms with Crippen molar-refractivity contribution >= 4 is 0 Å². The summed E-state index contributed by atoms with van der Waals surface area (Å²) in [7, 11) is 0. The number of ether oxygens (including phenoxy) is 2. The van der Waals surface area contributed by atoms with Gasteiger partial charge in [-0.05, 0) is 23.6 Å². The van der Waals surface area contributed by atoms with E-state index in [-0.39, 0.29) is 6.61 Å². The number of aliphatic hydroxyl groups excluding tert-OH is 1. The highest BCUT2D eigenvalue weighted by Crippen LogP contribution is 2.05. The third-order valence-corrected chi connectivity index (χ3v) is 2.49. The van der Waals surface area contributed by atoms with Crippen LogP contribution in [0, 0.1) is 17.8 Å². The quantitative estimate of drug-likeness (QED) is 0.586. The molecular weight excluding hydrogens is 252 g/mol. The molecule has 0 unspecified atom stereocenters. The highest BCUT2D eigenvalue weighted by Gasteiger charge is 1.96. The summed E-state index contributed by atoms with van der Waals surface area (Å²) in [5.74, 6) is 6.49. The van der Waals surface area contributed by atoms with Gasteiger partial charge in [0.1, 0.15) is 0 Å². The third kappa shape index (κ3) is 7.96. The Morgan fingerprint density at radius 3 is 2.75 bits per heavy atom. The van der Waals surface area contributed by atoms with Gasteiger partial charge >= 0.3 is 0 Å². The molecule has 0 aliphatic rings. The maximum absolute atomic E-state index is 8.69. The van der Waals surface area contributed by atoms with E-state index in [0.29, 0.717) is 32.2 Å². The zero-order valence-electron chi connectivity index (χ0n) is 12.4. The fourth-order valence-corrected chi connectivity index (χ4v) is 1.59. The first-order valence-corrected chi connectivity index (χ1v) is 7.06. The highest BCUT2D eigenvalue weighted by molar-refractivity contribution is 5.36. The van der Waals surface area contributed by atoms with Crippen molar-refractivity contribution in [1.29, 1.82) is 0 Å². The van der Waals surface area contributed by atoms with Crippen LogP contribution in [0.15, 0.2) is 24.3 Å². The van der Waals surface area contributed by atoms with Crippen molar-refractivity contribution in [1.82, 2.24) is 0 Å². The van der Waals surface area contributed by atoms with Gasteiger partial charge in [0.2, 0.25) is 0 Å². The molecule has 0 radical (unpaired) electrons. The minimum Gasteiger partial charge on any atom is -0.395 e. The molecule has 0 aromatic heterocycles. The molecule has 0 aliphatic carbocycles. The van der Waals surface area contributed by atoms with Crippen molar-refractivity contribution in [2.45, 2.75) is 26.9 Å². The summed E-state index contributed by atoms with van der Waals surface area (Å²) in [6, 6.07) is 7.96. The number of benzene rings is 1. The monoisotopic (exact) mass is 276 g/mol. The van der Waals surface area contributed by atoms with Gasteiger partial charge in [-0.1, -0.05) is 37.8 Å². The van der Waals surface area contributed by atoms with Gasteiger partial charge in [0.05, 0.1) is 26.4 Å². The Bertz CT molecular complexity index is 429. The van der Waals surface area contributed by atoms with Gasteiger partial charge in [-0.25, -0.2) is 0 Å². The van der Waals surface area contributed by atoms with Crippen LogP contribution in [-0.2, 0) is 16.1 Å². The third-order valence-electron chi connectivity index (χ3n) is 2.49. The summed E-state index contributed by atoms with van der Waals surface area (Å²) < 4.78 is 11.0. The normalized spacial score (nSPS) is 10.4. The average Bonchev–Trinajstić information content (AvgIpc) is 2.43. The lowest BCUT2D eigenvalue weighted by molar-refractivity contribution is 0.0314. The van der Waals surface area contributed by atoms with Gasteiger partial charge in [-0.2, -0.15) is 0 Å². The number of aliphatic hydroxyl groups is 1. The van der Waals surface area contributed by atoms with Crippen molar-refractivity contribution < 1.29 is 14.6 Å². The van der Waals surface area contributed by atoms with E-state index in [0.717, 1.165) is 17.7 Å². The first kappa shape index (κ1) is 16.7. The van der Waals surface area contributed by atoms with E-state index in [9.17, 15) is 0 Å². The molecule has 1 N–H and O–H groups in total. The molecule has 1 aromatic carbocycles. The molecule has 0 heterocycles. The molecule has 0 spiro atoms. The average molecular weight is 276 g/mol. The molecule has 0 atom stereocenters. The van der Waals surface area contributed by atoms with Crippen LogP contribution in [0.5, 0.6) is 0 Å². The van der Waals surface area contributed by atoms with Gasteiger partial charge in [-0.3, -0.25) is 0 Å². The van der Waals surface area contributed by atoms with Crippen molar-refractivity contribution in [3.8, 4) is 11.8 Å². The van der Waals surface area contributed by atoms with Gasteiger partial charge in [0.15, 0.2) is 0 Å². The van der Waals surface area contributed by atoms with E-state index >= 15 is 0 Å². The number of hydrogen-bond acceptors (Lipinski definition) is 3. The summed E-state index contributed by atoms with van der Waals surface area (Å²) in [6.45, 7) is 6.95. The SMILES string of the molecule is CC(C)COCCOCc1cccc(C#CCCO)c1. The predicted molar refractivity (Wildman–Crippen MR) is 80.3 cm³/mol. The Morgan fingerprint density at radius 2 is 2.00 bits per heavy atom. The van der Waals surface area contributed by atoms with Crippen molar-refractivity contribution in [3.05, 3.63) is 35.4 Å². The summed E-state index contributed by atoms with van der Waals surface area (Å²) in [4.78, 5) is 0. The minimum absolute atomic E-state index is 0.103. The van der Waals surface area contributed by atoms with Crippen LogP contribution in [0.2, 0.25) is 0 Å². The first-order valence-electron chi connectivity index (χ1n) is 7.06. The van der Waals surface area contributed by atoms with Crippen molar-refractivity contribution in [2.24, 2.45) is 5.92 Å². The van der Waals surface area contributed by atoms with Crippen LogP contribution >= 0.6 is 0 Å². The Labute approximate surface area is 121 Å². The van der Waals surface area contributed by atoms with Crippen LogP contribution in [0.3, 0.4) is 0 Å². The molecular formula is C17H24O3. The summed E-state index contributed by atoms with van der Waals surface area (Å²) >= 11 is 0. The maximum atomic E-state index is 8.69. The summed E-state index contributed by atoms with van der Waals surface area (Å²) in [5, 5.41) is 8.69. The van der Waals surface area contributed by atoms with E-state index in [2.05, 4.69) is 25.7 Å². The molecule has 1 aromatic rings. The largest absolute Gasteiger partial charge is 0.395 e. The van der Waals surface area contributed by atoms with Gasteiger partial charge in [0.25, 0.3) is 0 Å². The van der Waals surface area contributed by atoms with Crippen LogP contribution in [0.4, 0.5) is 0 Å². The van der Waals surface area contributed by atoms with Crippen LogP contribution in [-0.4, -0.2) is 31.5 Å². The lowest BCUT2D eigenvalue weighted by Gasteiger charge is -2.07. The molecule has 0 aliphatic heterocycles. The fraction of sp³-hybridized carbons (Fsp3) is 0.529. The molecule has 3 nitrogen and oxygen atoms in total. The molecule has 0 bridgehead atoms. The first-order chi connectivity index (χ1) is 9.72. The second kappa shape index (κ2) is 10.4. The van der Waals surface area contributed by atoms with Crippen molar-refractivity contribution in [3.63, 3.8) is 0 Å². The Kier molecular flexibility index (Phi) is 8.73. The number of hydrogen-bond donors (Lipinski definition) is 1. The molecule has 20 heavy (non-hydrogen) atoms. The lowest BCUT2D eigenvalue weighted by atomic mass is 10.1. The van der Waals surface area contributed by atoms with E-state index in [1.165, 1.54) is 0 Å². The summed E-state index contributed by atoms with van der Waals surface area (Å²) in [5.41, 5.74) is 2.06. The summed E-state index contributed by atoms with van der Waals surface area (Å²) in [6.07, 6.45) is 0.508. The van der Waals surface area contributed by atoms with E-state index in [1.54, 1.807) is 0 Å². The molecule has 0 saturated heterocycles. The topological polar surface area (TPSA) is 38.7 Å². The van der Waals surface area contributed by atoms with Gasteiger partial charge in [0, 0.05) is 18.6 Å². The van der Waals surface area contributed by atoms with Crippen LogP contribution in [0.1, 0.15) is 31.4 Å². The maximum Gasteiger partial charge on any atom is 0.0718 e. The number of rotatable bonds is 8. The zero-order chi connectivity index (χ0) is 14.6. The predicted octanol–water partition coefficient (Wildman–Crippen LogP) is 2.61. The van der Waals surface area contributed by atoms with E-state index < -0.39 is 0 Å². The Hall–Kier alpha value is -1.34. The molecule has 0 fully saturated rings. The van der Waals surface area contributed by atoms with Gasteiger partial charge < -0.3 is 14.6 Å². The highest BCUT2D eigenvalue weighted by atomic mass is 16.5. The van der Waals surface area contributed by atoms with Gasteiger partial charge in [-0.15, -0.1) is 0 Å². The Morgan fingerprint density at radius 1 is 1.20 bits per heavy atom. The molecule has 0 amide bonds. The molecule has 0 saturated carbocycles. The fourth-order valence-electron chi connectivity index (χ4n) is 1.59. The standard InChI is InChI=1S/C17H24O3/c1-15(2)13-19-10-11-20-14-17-8-5-7-16(12-17)6-3-4-9-18/h5,7-8,12,15,18H,4,9-11,13-14H2,1-2H3. The van der Waals surface area contributed by atoms with Crippen LogP contribution < -0.4 is 0 Å². The van der Waals surface area contributed by atoms with E-state index in [4.69, 9.17) is 14.6 Å². The van der Waals surface area contributed by atoms with Crippen molar-refractivity contribution in [2.75, 3.05) is 26.4 Å². The Balaban J connectivity index is 2.27.